The first kappa shape index (κ1) is 10.4. The van der Waals surface area contributed by atoms with E-state index >= 15 is 0 Å². The highest BCUT2D eigenvalue weighted by Crippen LogP contribution is 2.27. The van der Waals surface area contributed by atoms with Crippen LogP contribution in [0.3, 0.4) is 0 Å². The molecule has 15 heavy (non-hydrogen) atoms. The Kier molecular flexibility index (Phi) is 3.21. The Morgan fingerprint density at radius 3 is 2.87 bits per heavy atom. The van der Waals surface area contributed by atoms with Crippen molar-refractivity contribution in [2.45, 2.75) is 44.8 Å². The first-order valence-corrected chi connectivity index (χ1v) is 5.64. The van der Waals surface area contributed by atoms with Crippen LogP contribution in [0.4, 0.5) is 0 Å². The lowest BCUT2D eigenvalue weighted by Gasteiger charge is -2.16. The molecule has 0 radical (unpaired) electrons. The summed E-state index contributed by atoms with van der Waals surface area (Å²) in [5.41, 5.74) is 6.87. The van der Waals surface area contributed by atoms with Gasteiger partial charge in [-0.25, -0.2) is 4.98 Å². The molecule has 1 aliphatic rings. The molecule has 3 heteroatoms. The van der Waals surface area contributed by atoms with Crippen molar-refractivity contribution in [3.63, 3.8) is 0 Å². The van der Waals surface area contributed by atoms with E-state index in [1.54, 1.807) is 6.20 Å². The van der Waals surface area contributed by atoms with E-state index in [0.29, 0.717) is 6.10 Å². The van der Waals surface area contributed by atoms with Gasteiger partial charge in [0.2, 0.25) is 5.88 Å². The van der Waals surface area contributed by atoms with Gasteiger partial charge in [-0.05, 0) is 38.7 Å². The number of aromatic nitrogens is 1. The van der Waals surface area contributed by atoms with E-state index in [-0.39, 0.29) is 6.04 Å². The molecule has 1 unspecified atom stereocenters. The monoisotopic (exact) mass is 206 g/mol. The summed E-state index contributed by atoms with van der Waals surface area (Å²) in [7, 11) is 0. The molecule has 0 amide bonds. The molecule has 0 aliphatic heterocycles. The van der Waals surface area contributed by atoms with Gasteiger partial charge in [0.15, 0.2) is 0 Å². The summed E-state index contributed by atoms with van der Waals surface area (Å²) in [6.45, 7) is 1.96. The third-order valence-corrected chi connectivity index (χ3v) is 2.87. The maximum absolute atomic E-state index is 5.88. The fraction of sp³-hybridized carbons (Fsp3) is 0.583. The van der Waals surface area contributed by atoms with Crippen molar-refractivity contribution in [2.75, 3.05) is 0 Å². The minimum atomic E-state index is -0.0184. The fourth-order valence-corrected chi connectivity index (χ4v) is 2.01. The van der Waals surface area contributed by atoms with E-state index in [0.717, 1.165) is 24.3 Å². The van der Waals surface area contributed by atoms with Gasteiger partial charge in [0.1, 0.15) is 6.10 Å². The van der Waals surface area contributed by atoms with Crippen molar-refractivity contribution < 1.29 is 4.74 Å². The van der Waals surface area contributed by atoms with Crippen LogP contribution in [0.5, 0.6) is 5.88 Å². The molecular weight excluding hydrogens is 188 g/mol. The number of nitrogens with zero attached hydrogens (tertiary/aromatic N) is 1. The van der Waals surface area contributed by atoms with Crippen LogP contribution in [0, 0.1) is 0 Å². The van der Waals surface area contributed by atoms with E-state index in [9.17, 15) is 0 Å². The zero-order valence-electron chi connectivity index (χ0n) is 9.15. The second kappa shape index (κ2) is 4.62. The van der Waals surface area contributed by atoms with Gasteiger partial charge in [-0.15, -0.1) is 0 Å². The molecule has 1 heterocycles. The normalized spacial score (nSPS) is 19.1. The summed E-state index contributed by atoms with van der Waals surface area (Å²) in [4.78, 5) is 4.26. The molecule has 1 aromatic rings. The van der Waals surface area contributed by atoms with Gasteiger partial charge < -0.3 is 10.5 Å². The van der Waals surface area contributed by atoms with Crippen LogP contribution >= 0.6 is 0 Å². The van der Waals surface area contributed by atoms with Gasteiger partial charge in [-0.3, -0.25) is 0 Å². The lowest BCUT2D eigenvalue weighted by molar-refractivity contribution is 0.198. The Bertz CT molecular complexity index is 319. The fourth-order valence-electron chi connectivity index (χ4n) is 2.01. The van der Waals surface area contributed by atoms with Crippen LogP contribution in [0.25, 0.3) is 0 Å². The molecule has 1 saturated carbocycles. The van der Waals surface area contributed by atoms with Crippen LogP contribution < -0.4 is 10.5 Å². The third kappa shape index (κ3) is 2.48. The molecular formula is C12H18N2O. The van der Waals surface area contributed by atoms with Gasteiger partial charge in [0.05, 0.1) is 0 Å². The molecule has 1 aromatic heterocycles. The summed E-state index contributed by atoms with van der Waals surface area (Å²) < 4.78 is 5.88. The van der Waals surface area contributed by atoms with Gasteiger partial charge in [0.25, 0.3) is 0 Å². The SMILES string of the molecule is CC(N)c1cccnc1OC1CCCC1. The van der Waals surface area contributed by atoms with Crippen LogP contribution in [0.15, 0.2) is 18.3 Å². The standard InChI is InChI=1S/C12H18N2O/c1-9(13)11-7-4-8-14-12(11)15-10-5-2-3-6-10/h4,7-10H,2-3,5-6,13H2,1H3. The molecule has 2 rings (SSSR count). The summed E-state index contributed by atoms with van der Waals surface area (Å²) in [5, 5.41) is 0. The second-order valence-corrected chi connectivity index (χ2v) is 4.21. The number of hydrogen-bond donors (Lipinski definition) is 1. The molecule has 0 spiro atoms. The highest BCUT2D eigenvalue weighted by Gasteiger charge is 2.19. The van der Waals surface area contributed by atoms with Crippen molar-refractivity contribution in [2.24, 2.45) is 5.73 Å². The van der Waals surface area contributed by atoms with Crippen LogP contribution in [-0.2, 0) is 0 Å². The number of pyridine rings is 1. The average Bonchev–Trinajstić information content (AvgIpc) is 2.71. The molecule has 0 aromatic carbocycles. The number of rotatable bonds is 3. The topological polar surface area (TPSA) is 48.1 Å². The predicted octanol–water partition coefficient (Wildman–Crippen LogP) is 2.42. The summed E-state index contributed by atoms with van der Waals surface area (Å²) in [5.74, 6) is 0.722. The van der Waals surface area contributed by atoms with Crippen molar-refractivity contribution >= 4 is 0 Å². The molecule has 1 aliphatic carbocycles. The Morgan fingerprint density at radius 1 is 1.47 bits per heavy atom. The zero-order valence-corrected chi connectivity index (χ0v) is 9.15. The maximum Gasteiger partial charge on any atom is 0.218 e. The molecule has 3 nitrogen and oxygen atoms in total. The van der Waals surface area contributed by atoms with Crippen molar-refractivity contribution in [3.8, 4) is 5.88 Å². The molecule has 82 valence electrons. The maximum atomic E-state index is 5.88. The first-order chi connectivity index (χ1) is 7.27. The van der Waals surface area contributed by atoms with E-state index in [1.807, 2.05) is 19.1 Å². The summed E-state index contributed by atoms with van der Waals surface area (Å²) in [6.07, 6.45) is 6.94. The van der Waals surface area contributed by atoms with Gasteiger partial charge in [0, 0.05) is 17.8 Å². The van der Waals surface area contributed by atoms with Gasteiger partial charge >= 0.3 is 0 Å². The lowest BCUT2D eigenvalue weighted by Crippen LogP contribution is -2.15. The minimum absolute atomic E-state index is 0.0184. The lowest BCUT2D eigenvalue weighted by atomic mass is 10.1. The molecule has 2 N–H and O–H groups in total. The molecule has 1 atom stereocenters. The smallest absolute Gasteiger partial charge is 0.218 e. The average molecular weight is 206 g/mol. The Morgan fingerprint density at radius 2 is 2.20 bits per heavy atom. The number of nitrogens with two attached hydrogens (primary N) is 1. The predicted molar refractivity (Wildman–Crippen MR) is 59.7 cm³/mol. The Balaban J connectivity index is 2.12. The van der Waals surface area contributed by atoms with E-state index in [4.69, 9.17) is 10.5 Å². The van der Waals surface area contributed by atoms with Gasteiger partial charge in [-0.1, -0.05) is 6.07 Å². The van der Waals surface area contributed by atoms with Crippen molar-refractivity contribution in [1.82, 2.24) is 4.98 Å². The quantitative estimate of drug-likeness (QED) is 0.826. The number of ether oxygens (including phenoxy) is 1. The van der Waals surface area contributed by atoms with E-state index in [2.05, 4.69) is 4.98 Å². The van der Waals surface area contributed by atoms with Gasteiger partial charge in [-0.2, -0.15) is 0 Å². The Hall–Kier alpha value is -1.09. The van der Waals surface area contributed by atoms with E-state index < -0.39 is 0 Å². The van der Waals surface area contributed by atoms with E-state index in [1.165, 1.54) is 12.8 Å². The highest BCUT2D eigenvalue weighted by atomic mass is 16.5. The highest BCUT2D eigenvalue weighted by molar-refractivity contribution is 5.28. The van der Waals surface area contributed by atoms with Crippen molar-refractivity contribution in [3.05, 3.63) is 23.9 Å². The largest absolute Gasteiger partial charge is 0.474 e. The Labute approximate surface area is 90.7 Å². The minimum Gasteiger partial charge on any atom is -0.474 e. The third-order valence-electron chi connectivity index (χ3n) is 2.87. The second-order valence-electron chi connectivity index (χ2n) is 4.21. The molecule has 0 bridgehead atoms. The summed E-state index contributed by atoms with van der Waals surface area (Å²) >= 11 is 0. The molecule has 0 saturated heterocycles. The first-order valence-electron chi connectivity index (χ1n) is 5.64. The zero-order chi connectivity index (χ0) is 10.7. The van der Waals surface area contributed by atoms with Crippen LogP contribution in [0.2, 0.25) is 0 Å². The molecule has 1 fully saturated rings. The number of hydrogen-bond acceptors (Lipinski definition) is 3. The summed E-state index contributed by atoms with van der Waals surface area (Å²) in [6, 6.07) is 3.87. The van der Waals surface area contributed by atoms with Crippen LogP contribution in [-0.4, -0.2) is 11.1 Å². The van der Waals surface area contributed by atoms with Crippen LogP contribution in [0.1, 0.15) is 44.2 Å². The van der Waals surface area contributed by atoms with Crippen molar-refractivity contribution in [1.29, 1.82) is 0 Å².